The molecule has 96 valence electrons. The van der Waals surface area contributed by atoms with Crippen LogP contribution in [0.4, 0.5) is 5.69 Å². The van der Waals surface area contributed by atoms with Crippen molar-refractivity contribution in [3.63, 3.8) is 0 Å². The average molecular weight is 236 g/mol. The van der Waals surface area contributed by atoms with Crippen molar-refractivity contribution < 1.29 is 4.74 Å². The van der Waals surface area contributed by atoms with E-state index < -0.39 is 0 Å². The Morgan fingerprint density at radius 3 is 2.29 bits per heavy atom. The number of hydrogen-bond donors (Lipinski definition) is 1. The van der Waals surface area contributed by atoms with Crippen LogP contribution >= 0.6 is 0 Å². The van der Waals surface area contributed by atoms with Crippen molar-refractivity contribution in [2.75, 3.05) is 32.5 Å². The Morgan fingerprint density at radius 1 is 1.18 bits per heavy atom. The predicted molar refractivity (Wildman–Crippen MR) is 73.3 cm³/mol. The SMILES string of the molecule is CN(CCOc1ccc(N)cc1)CC(C)(C)C. The van der Waals surface area contributed by atoms with Gasteiger partial charge in [0.15, 0.2) is 0 Å². The van der Waals surface area contributed by atoms with Crippen LogP contribution in [0, 0.1) is 5.41 Å². The lowest BCUT2D eigenvalue weighted by atomic mass is 9.96. The molecule has 0 heterocycles. The van der Waals surface area contributed by atoms with E-state index >= 15 is 0 Å². The second-order valence-electron chi connectivity index (χ2n) is 5.72. The van der Waals surface area contributed by atoms with Crippen molar-refractivity contribution in [3.8, 4) is 5.75 Å². The molecule has 1 aromatic rings. The van der Waals surface area contributed by atoms with E-state index in [9.17, 15) is 0 Å². The van der Waals surface area contributed by atoms with Gasteiger partial charge in [0.25, 0.3) is 0 Å². The lowest BCUT2D eigenvalue weighted by molar-refractivity contribution is 0.188. The Morgan fingerprint density at radius 2 is 1.76 bits per heavy atom. The molecule has 0 aromatic heterocycles. The number of nitrogens with zero attached hydrogens (tertiary/aromatic N) is 1. The predicted octanol–water partition coefficient (Wildman–Crippen LogP) is 2.63. The molecule has 0 aliphatic heterocycles. The first-order chi connectivity index (χ1) is 7.87. The number of nitrogen functional groups attached to an aromatic ring is 1. The lowest BCUT2D eigenvalue weighted by Crippen LogP contribution is -2.32. The maximum absolute atomic E-state index is 5.65. The van der Waals surface area contributed by atoms with E-state index in [0.29, 0.717) is 12.0 Å². The van der Waals surface area contributed by atoms with Crippen molar-refractivity contribution >= 4 is 5.69 Å². The Balaban J connectivity index is 2.26. The summed E-state index contributed by atoms with van der Waals surface area (Å²) in [6.45, 7) is 9.43. The van der Waals surface area contributed by atoms with E-state index in [1.54, 1.807) is 0 Å². The van der Waals surface area contributed by atoms with E-state index in [0.717, 1.165) is 24.5 Å². The van der Waals surface area contributed by atoms with E-state index in [2.05, 4.69) is 32.7 Å². The molecule has 0 atom stereocenters. The van der Waals surface area contributed by atoms with Gasteiger partial charge in [-0.1, -0.05) is 20.8 Å². The molecule has 0 saturated carbocycles. The van der Waals surface area contributed by atoms with Crippen molar-refractivity contribution in [2.24, 2.45) is 5.41 Å². The zero-order chi connectivity index (χ0) is 12.9. The van der Waals surface area contributed by atoms with Crippen LogP contribution in [-0.2, 0) is 0 Å². The van der Waals surface area contributed by atoms with Crippen molar-refractivity contribution in [3.05, 3.63) is 24.3 Å². The van der Waals surface area contributed by atoms with Gasteiger partial charge in [-0.2, -0.15) is 0 Å². The van der Waals surface area contributed by atoms with Crippen LogP contribution in [0.1, 0.15) is 20.8 Å². The van der Waals surface area contributed by atoms with Crippen LogP contribution < -0.4 is 10.5 Å². The van der Waals surface area contributed by atoms with Gasteiger partial charge < -0.3 is 15.4 Å². The molecule has 1 aromatic carbocycles. The van der Waals surface area contributed by atoms with E-state index in [4.69, 9.17) is 10.5 Å². The third kappa shape index (κ3) is 6.17. The van der Waals surface area contributed by atoms with Gasteiger partial charge in [-0.25, -0.2) is 0 Å². The monoisotopic (exact) mass is 236 g/mol. The van der Waals surface area contributed by atoms with Gasteiger partial charge in [0.1, 0.15) is 12.4 Å². The van der Waals surface area contributed by atoms with Crippen LogP contribution in [0.15, 0.2) is 24.3 Å². The third-order valence-electron chi connectivity index (χ3n) is 2.37. The molecule has 3 heteroatoms. The molecule has 17 heavy (non-hydrogen) atoms. The fourth-order valence-corrected chi connectivity index (χ4v) is 1.77. The normalized spacial score (nSPS) is 11.8. The molecule has 1 rings (SSSR count). The summed E-state index contributed by atoms with van der Waals surface area (Å²) >= 11 is 0. The zero-order valence-electron chi connectivity index (χ0n) is 11.4. The molecule has 0 fully saturated rings. The molecular formula is C14H24N2O. The highest BCUT2D eigenvalue weighted by atomic mass is 16.5. The van der Waals surface area contributed by atoms with Crippen LogP contribution in [-0.4, -0.2) is 31.6 Å². The van der Waals surface area contributed by atoms with Gasteiger partial charge in [-0.15, -0.1) is 0 Å². The minimum atomic E-state index is 0.329. The second kappa shape index (κ2) is 5.92. The number of anilines is 1. The number of hydrogen-bond acceptors (Lipinski definition) is 3. The van der Waals surface area contributed by atoms with Crippen LogP contribution in [0.25, 0.3) is 0 Å². The fourth-order valence-electron chi connectivity index (χ4n) is 1.77. The Hall–Kier alpha value is -1.22. The van der Waals surface area contributed by atoms with Gasteiger partial charge in [0.2, 0.25) is 0 Å². The molecule has 3 nitrogen and oxygen atoms in total. The van der Waals surface area contributed by atoms with Crippen LogP contribution in [0.2, 0.25) is 0 Å². The fraction of sp³-hybridized carbons (Fsp3) is 0.571. The van der Waals surface area contributed by atoms with Crippen LogP contribution in [0.5, 0.6) is 5.75 Å². The summed E-state index contributed by atoms with van der Waals surface area (Å²) in [6, 6.07) is 7.51. The first-order valence-electron chi connectivity index (χ1n) is 6.04. The first-order valence-corrected chi connectivity index (χ1v) is 6.04. The molecule has 0 radical (unpaired) electrons. The summed E-state index contributed by atoms with van der Waals surface area (Å²) in [6.07, 6.45) is 0. The standard InChI is InChI=1S/C14H24N2O/c1-14(2,3)11-16(4)9-10-17-13-7-5-12(15)6-8-13/h5-8H,9-11,15H2,1-4H3. The second-order valence-corrected chi connectivity index (χ2v) is 5.72. The minimum Gasteiger partial charge on any atom is -0.492 e. The number of rotatable bonds is 5. The summed E-state index contributed by atoms with van der Waals surface area (Å²) in [5, 5.41) is 0. The van der Waals surface area contributed by atoms with Crippen molar-refractivity contribution in [2.45, 2.75) is 20.8 Å². The first kappa shape index (κ1) is 13.8. The molecule has 0 spiro atoms. The Kier molecular flexibility index (Phi) is 4.82. The highest BCUT2D eigenvalue weighted by Crippen LogP contribution is 2.15. The molecule has 0 saturated heterocycles. The summed E-state index contributed by atoms with van der Waals surface area (Å²) in [5.74, 6) is 0.878. The van der Waals surface area contributed by atoms with Gasteiger partial charge in [0.05, 0.1) is 0 Å². The molecule has 0 aliphatic carbocycles. The summed E-state index contributed by atoms with van der Waals surface area (Å²) < 4.78 is 5.65. The minimum absolute atomic E-state index is 0.329. The zero-order valence-corrected chi connectivity index (χ0v) is 11.4. The number of benzene rings is 1. The van der Waals surface area contributed by atoms with Crippen molar-refractivity contribution in [1.29, 1.82) is 0 Å². The molecule has 0 aliphatic rings. The molecule has 0 amide bonds. The van der Waals surface area contributed by atoms with E-state index in [1.807, 2.05) is 24.3 Å². The Bertz CT molecular complexity index is 327. The molecule has 0 bridgehead atoms. The van der Waals surface area contributed by atoms with E-state index in [-0.39, 0.29) is 0 Å². The highest BCUT2D eigenvalue weighted by Gasteiger charge is 2.12. The summed E-state index contributed by atoms with van der Waals surface area (Å²) in [5.41, 5.74) is 6.70. The maximum atomic E-state index is 5.65. The van der Waals surface area contributed by atoms with Crippen molar-refractivity contribution in [1.82, 2.24) is 4.90 Å². The summed E-state index contributed by atoms with van der Waals surface area (Å²) in [4.78, 5) is 2.29. The topological polar surface area (TPSA) is 38.5 Å². The van der Waals surface area contributed by atoms with Gasteiger partial charge >= 0.3 is 0 Å². The lowest BCUT2D eigenvalue weighted by Gasteiger charge is -2.26. The number of nitrogens with two attached hydrogens (primary N) is 1. The quantitative estimate of drug-likeness (QED) is 0.799. The third-order valence-corrected chi connectivity index (χ3v) is 2.37. The largest absolute Gasteiger partial charge is 0.492 e. The molecule has 0 unspecified atom stereocenters. The maximum Gasteiger partial charge on any atom is 0.119 e. The smallest absolute Gasteiger partial charge is 0.119 e. The van der Waals surface area contributed by atoms with Gasteiger partial charge in [-0.05, 0) is 36.7 Å². The number of ether oxygens (including phenoxy) is 1. The number of likely N-dealkylation sites (N-methyl/N-ethyl adjacent to an activating group) is 1. The molecular weight excluding hydrogens is 212 g/mol. The average Bonchev–Trinajstić information content (AvgIpc) is 2.18. The van der Waals surface area contributed by atoms with Gasteiger partial charge in [-0.3, -0.25) is 0 Å². The molecule has 2 N–H and O–H groups in total. The van der Waals surface area contributed by atoms with E-state index in [1.165, 1.54) is 0 Å². The van der Waals surface area contributed by atoms with Gasteiger partial charge in [0, 0.05) is 18.8 Å². The summed E-state index contributed by atoms with van der Waals surface area (Å²) in [7, 11) is 2.12. The Labute approximate surface area is 105 Å². The highest BCUT2D eigenvalue weighted by molar-refractivity contribution is 5.41. The van der Waals surface area contributed by atoms with Crippen LogP contribution in [0.3, 0.4) is 0 Å².